The number of carbonyl (C=O) groups excluding carboxylic acids is 2. The molecule has 1 aromatic carbocycles. The van der Waals surface area contributed by atoms with Gasteiger partial charge in [-0.3, -0.25) is 9.69 Å². The van der Waals surface area contributed by atoms with Gasteiger partial charge < -0.3 is 14.7 Å². The van der Waals surface area contributed by atoms with Gasteiger partial charge in [0.15, 0.2) is 12.2 Å². The second-order valence-electron chi connectivity index (χ2n) is 6.08. The zero-order valence-corrected chi connectivity index (χ0v) is 13.5. The standard InChI is InChI=1S/C16H18FN5O2/c1-3-20-14(23)12-13(19(2)16(20)24)18-15-21(8-9-22(12)15)11-6-4-10(17)5-7-11/h4-7,12-13H,3,8-9H2,1-2H3. The minimum atomic E-state index is -0.508. The number of fused-ring (bicyclic) bond motifs is 3. The highest BCUT2D eigenvalue weighted by atomic mass is 19.1. The van der Waals surface area contributed by atoms with Crippen molar-refractivity contribution >= 4 is 23.6 Å². The summed E-state index contributed by atoms with van der Waals surface area (Å²) in [4.78, 5) is 36.3. The number of hydrogen-bond acceptors (Lipinski definition) is 5. The number of imide groups is 1. The van der Waals surface area contributed by atoms with Crippen LogP contribution in [0.1, 0.15) is 6.92 Å². The number of halogens is 1. The number of rotatable bonds is 2. The molecule has 2 saturated heterocycles. The van der Waals surface area contributed by atoms with Gasteiger partial charge in [-0.25, -0.2) is 14.2 Å². The van der Waals surface area contributed by atoms with Crippen LogP contribution in [0.5, 0.6) is 0 Å². The molecule has 0 spiro atoms. The van der Waals surface area contributed by atoms with Crippen LogP contribution in [0, 0.1) is 5.82 Å². The van der Waals surface area contributed by atoms with Crippen LogP contribution in [-0.2, 0) is 4.79 Å². The average Bonchev–Trinajstić information content (AvgIpc) is 3.13. The zero-order valence-electron chi connectivity index (χ0n) is 13.5. The number of benzene rings is 1. The fourth-order valence-corrected chi connectivity index (χ4v) is 3.59. The van der Waals surface area contributed by atoms with Crippen LogP contribution in [0.3, 0.4) is 0 Å². The Bertz CT molecular complexity index is 734. The molecule has 3 aliphatic rings. The molecule has 4 rings (SSSR count). The summed E-state index contributed by atoms with van der Waals surface area (Å²) in [5.74, 6) is 0.170. The molecule has 24 heavy (non-hydrogen) atoms. The number of nitrogens with zero attached hydrogens (tertiary/aromatic N) is 5. The molecule has 0 aromatic heterocycles. The molecule has 7 nitrogen and oxygen atoms in total. The molecule has 0 N–H and O–H groups in total. The highest BCUT2D eigenvalue weighted by Gasteiger charge is 2.54. The van der Waals surface area contributed by atoms with Crippen LogP contribution < -0.4 is 4.90 Å². The monoisotopic (exact) mass is 331 g/mol. The molecule has 2 unspecified atom stereocenters. The molecule has 3 aliphatic heterocycles. The number of hydrogen-bond donors (Lipinski definition) is 0. The van der Waals surface area contributed by atoms with Crippen LogP contribution in [0.25, 0.3) is 0 Å². The smallest absolute Gasteiger partial charge is 0.325 e. The Morgan fingerprint density at radius 2 is 1.92 bits per heavy atom. The Kier molecular flexibility index (Phi) is 3.22. The van der Waals surface area contributed by atoms with Gasteiger partial charge in [0.25, 0.3) is 5.91 Å². The number of anilines is 1. The lowest BCUT2D eigenvalue weighted by Gasteiger charge is -2.40. The summed E-state index contributed by atoms with van der Waals surface area (Å²) in [6.45, 7) is 3.44. The number of carbonyl (C=O) groups is 2. The molecule has 0 radical (unpaired) electrons. The van der Waals surface area contributed by atoms with Gasteiger partial charge in [-0.15, -0.1) is 0 Å². The van der Waals surface area contributed by atoms with Crippen molar-refractivity contribution in [2.24, 2.45) is 4.99 Å². The van der Waals surface area contributed by atoms with Crippen LogP contribution in [0.2, 0.25) is 0 Å². The predicted molar refractivity (Wildman–Crippen MR) is 86.0 cm³/mol. The maximum atomic E-state index is 13.2. The number of amides is 3. The van der Waals surface area contributed by atoms with Gasteiger partial charge in [0, 0.05) is 32.4 Å². The van der Waals surface area contributed by atoms with E-state index >= 15 is 0 Å². The lowest BCUT2D eigenvalue weighted by atomic mass is 10.1. The summed E-state index contributed by atoms with van der Waals surface area (Å²) in [5.41, 5.74) is 0.824. The maximum absolute atomic E-state index is 13.2. The number of urea groups is 1. The third-order valence-corrected chi connectivity index (χ3v) is 4.83. The second-order valence-corrected chi connectivity index (χ2v) is 6.08. The Balaban J connectivity index is 1.69. The number of likely N-dealkylation sites (N-methyl/N-ethyl adjacent to an activating group) is 2. The van der Waals surface area contributed by atoms with E-state index in [1.165, 1.54) is 21.9 Å². The largest absolute Gasteiger partial charge is 0.328 e. The summed E-state index contributed by atoms with van der Waals surface area (Å²) in [6, 6.07) is 5.40. The Morgan fingerprint density at radius 3 is 2.58 bits per heavy atom. The molecule has 3 heterocycles. The van der Waals surface area contributed by atoms with Crippen LogP contribution >= 0.6 is 0 Å². The summed E-state index contributed by atoms with van der Waals surface area (Å²) in [6.07, 6.45) is -0.508. The van der Waals surface area contributed by atoms with Crippen molar-refractivity contribution in [1.29, 1.82) is 0 Å². The molecule has 2 atom stereocenters. The van der Waals surface area contributed by atoms with Gasteiger partial charge in [0.1, 0.15) is 5.82 Å². The van der Waals surface area contributed by atoms with E-state index in [4.69, 9.17) is 0 Å². The van der Waals surface area contributed by atoms with Gasteiger partial charge in [-0.2, -0.15) is 0 Å². The molecule has 126 valence electrons. The number of aliphatic imine (C=N–C) groups is 1. The van der Waals surface area contributed by atoms with E-state index in [1.807, 2.05) is 9.80 Å². The molecule has 0 saturated carbocycles. The van der Waals surface area contributed by atoms with E-state index in [0.29, 0.717) is 25.6 Å². The molecule has 2 fully saturated rings. The Hall–Kier alpha value is -2.64. The Morgan fingerprint density at radius 1 is 1.21 bits per heavy atom. The van der Waals surface area contributed by atoms with Crippen molar-refractivity contribution in [2.75, 3.05) is 31.6 Å². The van der Waals surface area contributed by atoms with Gasteiger partial charge in [0.2, 0.25) is 5.96 Å². The first kappa shape index (κ1) is 14.9. The van der Waals surface area contributed by atoms with Crippen molar-refractivity contribution in [3.05, 3.63) is 30.1 Å². The topological polar surface area (TPSA) is 59.5 Å². The van der Waals surface area contributed by atoms with Crippen molar-refractivity contribution in [3.63, 3.8) is 0 Å². The van der Waals surface area contributed by atoms with E-state index in [0.717, 1.165) is 5.69 Å². The minimum Gasteiger partial charge on any atom is -0.325 e. The van der Waals surface area contributed by atoms with Gasteiger partial charge in [-0.1, -0.05) is 0 Å². The van der Waals surface area contributed by atoms with Gasteiger partial charge >= 0.3 is 6.03 Å². The summed E-state index contributed by atoms with van der Waals surface area (Å²) in [7, 11) is 1.67. The summed E-state index contributed by atoms with van der Waals surface area (Å²) < 4.78 is 13.2. The summed E-state index contributed by atoms with van der Waals surface area (Å²) in [5, 5.41) is 0. The minimum absolute atomic E-state index is 0.203. The highest BCUT2D eigenvalue weighted by molar-refractivity contribution is 6.07. The van der Waals surface area contributed by atoms with Crippen LogP contribution in [0.15, 0.2) is 29.3 Å². The first-order valence-electron chi connectivity index (χ1n) is 7.98. The van der Waals surface area contributed by atoms with Crippen molar-refractivity contribution in [2.45, 2.75) is 19.1 Å². The average molecular weight is 331 g/mol. The number of guanidine groups is 1. The molecular weight excluding hydrogens is 313 g/mol. The van der Waals surface area contributed by atoms with E-state index in [1.54, 1.807) is 26.1 Å². The molecule has 0 bridgehead atoms. The van der Waals surface area contributed by atoms with Crippen LogP contribution in [0.4, 0.5) is 14.9 Å². The normalized spacial score (nSPS) is 26.0. The second kappa shape index (κ2) is 5.19. The van der Waals surface area contributed by atoms with E-state index in [-0.39, 0.29) is 17.8 Å². The molecule has 8 heteroatoms. The molecular formula is C16H18FN5O2. The van der Waals surface area contributed by atoms with E-state index < -0.39 is 12.2 Å². The summed E-state index contributed by atoms with van der Waals surface area (Å²) >= 11 is 0. The highest BCUT2D eigenvalue weighted by Crippen LogP contribution is 2.33. The lowest BCUT2D eigenvalue weighted by Crippen LogP contribution is -2.64. The van der Waals surface area contributed by atoms with Crippen LogP contribution in [-0.4, -0.2) is 71.5 Å². The first-order chi connectivity index (χ1) is 11.5. The first-order valence-corrected chi connectivity index (χ1v) is 7.98. The fraction of sp³-hybridized carbons (Fsp3) is 0.438. The molecule has 1 aromatic rings. The third-order valence-electron chi connectivity index (χ3n) is 4.83. The maximum Gasteiger partial charge on any atom is 0.328 e. The molecule has 3 amide bonds. The Labute approximate surface area is 138 Å². The quantitative estimate of drug-likeness (QED) is 0.809. The SMILES string of the molecule is CCN1C(=O)C2C(N=C3N(c4ccc(F)cc4)CCN32)N(C)C1=O. The predicted octanol–water partition coefficient (Wildman–Crippen LogP) is 0.926. The van der Waals surface area contributed by atoms with Crippen molar-refractivity contribution in [1.82, 2.24) is 14.7 Å². The molecule has 0 aliphatic carbocycles. The van der Waals surface area contributed by atoms with E-state index in [2.05, 4.69) is 4.99 Å². The lowest BCUT2D eigenvalue weighted by molar-refractivity contribution is -0.137. The zero-order chi connectivity index (χ0) is 17.0. The van der Waals surface area contributed by atoms with Gasteiger partial charge in [0.05, 0.1) is 0 Å². The van der Waals surface area contributed by atoms with Crippen molar-refractivity contribution < 1.29 is 14.0 Å². The van der Waals surface area contributed by atoms with E-state index in [9.17, 15) is 14.0 Å². The third kappa shape index (κ3) is 1.92. The fourth-order valence-electron chi connectivity index (χ4n) is 3.59. The van der Waals surface area contributed by atoms with Gasteiger partial charge in [-0.05, 0) is 31.2 Å². The van der Waals surface area contributed by atoms with Crippen molar-refractivity contribution in [3.8, 4) is 0 Å².